The predicted octanol–water partition coefficient (Wildman–Crippen LogP) is 8.51. The van der Waals surface area contributed by atoms with Crippen LogP contribution in [0.4, 0.5) is 0 Å². The second kappa shape index (κ2) is 14.6. The molecule has 0 aromatic heterocycles. The lowest BCUT2D eigenvalue weighted by Crippen LogP contribution is -2.49. The Bertz CT molecular complexity index is 897. The minimum atomic E-state index is -2.14. The number of hydrogen-bond donors (Lipinski definition) is 1. The van der Waals surface area contributed by atoms with Gasteiger partial charge >= 0.3 is 0 Å². The third kappa shape index (κ3) is 10.9. The highest BCUT2D eigenvalue weighted by atomic mass is 28.4. The van der Waals surface area contributed by atoms with Gasteiger partial charge in [0.15, 0.2) is 16.6 Å². The first-order valence-electron chi connectivity index (χ1n) is 14.3. The topological polar surface area (TPSA) is 57.2 Å². The highest BCUT2D eigenvalue weighted by Gasteiger charge is 2.42. The van der Waals surface area contributed by atoms with E-state index in [1.807, 2.05) is 36.4 Å². The van der Waals surface area contributed by atoms with Crippen LogP contribution >= 0.6 is 0 Å². The second-order valence-electron chi connectivity index (χ2n) is 13.9. The Morgan fingerprint density at radius 2 is 1.38 bits per heavy atom. The Balaban J connectivity index is 3.22. The fourth-order valence-electron chi connectivity index (χ4n) is 3.56. The molecule has 0 aliphatic rings. The van der Waals surface area contributed by atoms with Crippen LogP contribution in [0.2, 0.25) is 36.3 Å². The molecule has 0 amide bonds. The molecule has 1 aromatic carbocycles. The summed E-state index contributed by atoms with van der Waals surface area (Å²) < 4.78 is 25.0. The van der Waals surface area contributed by atoms with Gasteiger partial charge in [0.05, 0.1) is 19.8 Å². The molecule has 0 saturated carbocycles. The molecule has 1 rings (SSSR count). The molecule has 0 saturated heterocycles. The molecule has 0 unspecified atom stereocenters. The zero-order chi connectivity index (χ0) is 30.2. The van der Waals surface area contributed by atoms with Gasteiger partial charge in [-0.2, -0.15) is 0 Å². The van der Waals surface area contributed by atoms with Gasteiger partial charge in [0.2, 0.25) is 0 Å². The van der Waals surface area contributed by atoms with Gasteiger partial charge in [-0.05, 0) is 73.2 Å². The summed E-state index contributed by atoms with van der Waals surface area (Å²) >= 11 is 0. The van der Waals surface area contributed by atoms with Gasteiger partial charge < -0.3 is 23.4 Å². The number of benzene rings is 1. The van der Waals surface area contributed by atoms with Crippen molar-refractivity contribution < 1.29 is 23.4 Å². The van der Waals surface area contributed by atoms with Crippen LogP contribution in [-0.4, -0.2) is 53.3 Å². The Hall–Kier alpha value is -1.23. The Kier molecular flexibility index (Phi) is 13.4. The fraction of sp³-hybridized carbons (Fsp3) is 0.688. The van der Waals surface area contributed by atoms with E-state index in [-0.39, 0.29) is 22.1 Å². The highest BCUT2D eigenvalue weighted by molar-refractivity contribution is 6.74. The molecule has 224 valence electrons. The minimum Gasteiger partial charge on any atom is -0.497 e. The van der Waals surface area contributed by atoms with E-state index in [0.29, 0.717) is 13.0 Å². The summed E-state index contributed by atoms with van der Waals surface area (Å²) in [6.45, 7) is 31.0. The zero-order valence-corrected chi connectivity index (χ0v) is 29.1. The van der Waals surface area contributed by atoms with Gasteiger partial charge in [0.1, 0.15) is 18.0 Å². The van der Waals surface area contributed by atoms with Crippen molar-refractivity contribution in [1.29, 1.82) is 0 Å². The Labute approximate surface area is 242 Å². The van der Waals surface area contributed by atoms with Crippen molar-refractivity contribution in [3.63, 3.8) is 0 Å². The van der Waals surface area contributed by atoms with Crippen molar-refractivity contribution >= 4 is 16.6 Å². The molecule has 5 nitrogen and oxygen atoms in total. The molecule has 0 bridgehead atoms. The molecule has 0 radical (unpaired) electrons. The molecule has 0 aliphatic carbocycles. The van der Waals surface area contributed by atoms with Crippen LogP contribution in [-0.2, 0) is 20.2 Å². The highest BCUT2D eigenvalue weighted by Crippen LogP contribution is 2.39. The molecule has 5 atom stereocenters. The third-order valence-corrected chi connectivity index (χ3v) is 17.7. The van der Waals surface area contributed by atoms with Gasteiger partial charge in [-0.3, -0.25) is 0 Å². The lowest BCUT2D eigenvalue weighted by molar-refractivity contribution is -0.0699. The van der Waals surface area contributed by atoms with E-state index in [2.05, 4.69) is 94.2 Å². The molecular weight excluding hydrogens is 521 g/mol. The fourth-order valence-corrected chi connectivity index (χ4v) is 6.40. The lowest BCUT2D eigenvalue weighted by atomic mass is 10.0. The van der Waals surface area contributed by atoms with E-state index in [1.54, 1.807) is 7.11 Å². The van der Waals surface area contributed by atoms with Crippen molar-refractivity contribution in [2.24, 2.45) is 5.92 Å². The summed E-state index contributed by atoms with van der Waals surface area (Å²) in [5.74, 6) is 0.950. The summed E-state index contributed by atoms with van der Waals surface area (Å²) in [6.07, 6.45) is 4.72. The van der Waals surface area contributed by atoms with Gasteiger partial charge in [-0.25, -0.2) is 0 Å². The maximum Gasteiger partial charge on any atom is 0.192 e. The number of aliphatic hydroxyl groups excluding tert-OH is 1. The average molecular weight is 579 g/mol. The van der Waals surface area contributed by atoms with E-state index < -0.39 is 34.9 Å². The smallest absolute Gasteiger partial charge is 0.192 e. The van der Waals surface area contributed by atoms with Crippen molar-refractivity contribution in [3.05, 3.63) is 54.6 Å². The van der Waals surface area contributed by atoms with Gasteiger partial charge in [0.25, 0.3) is 0 Å². The largest absolute Gasteiger partial charge is 0.497 e. The van der Waals surface area contributed by atoms with E-state index in [9.17, 15) is 5.11 Å². The molecular formula is C32H58O5Si2. The van der Waals surface area contributed by atoms with Gasteiger partial charge in [-0.15, -0.1) is 6.58 Å². The summed E-state index contributed by atoms with van der Waals surface area (Å²) in [5.41, 5.74) is 1.01. The third-order valence-electron chi connectivity index (χ3n) is 8.60. The maximum absolute atomic E-state index is 11.7. The van der Waals surface area contributed by atoms with Gasteiger partial charge in [-0.1, -0.05) is 78.8 Å². The standard InChI is InChI=1S/C32H58O5Si2/c1-15-16-29(37-39(13,14)32(7,8)9)30(33)28(35-23-26-18-20-27(34-10)21-19-26)22-17-24(2)25(3)36-38(11,12)31(4,5)6/h15,17-22,24-25,28-30,33H,1,16,23H2,2-14H3/b22-17-/t24-,25-,28-,29+,30-/m1/s1. The van der Waals surface area contributed by atoms with Crippen molar-refractivity contribution in [2.45, 2.75) is 129 Å². The first kappa shape index (κ1) is 35.8. The van der Waals surface area contributed by atoms with E-state index in [1.165, 1.54) is 0 Å². The molecule has 1 aromatic rings. The molecule has 39 heavy (non-hydrogen) atoms. The second-order valence-corrected chi connectivity index (χ2v) is 23.4. The summed E-state index contributed by atoms with van der Waals surface area (Å²) in [5, 5.41) is 11.8. The van der Waals surface area contributed by atoms with Crippen LogP contribution in [0.3, 0.4) is 0 Å². The van der Waals surface area contributed by atoms with Crippen LogP contribution < -0.4 is 4.74 Å². The number of aliphatic hydroxyl groups is 1. The van der Waals surface area contributed by atoms with Crippen molar-refractivity contribution in [2.75, 3.05) is 7.11 Å². The van der Waals surface area contributed by atoms with Gasteiger partial charge in [0, 0.05) is 6.10 Å². The summed E-state index contributed by atoms with van der Waals surface area (Å²) in [4.78, 5) is 0. The molecule has 1 N–H and O–H groups in total. The van der Waals surface area contributed by atoms with E-state index in [0.717, 1.165) is 11.3 Å². The molecule has 0 spiro atoms. The maximum atomic E-state index is 11.7. The summed E-state index contributed by atoms with van der Waals surface area (Å²) in [7, 11) is -2.38. The number of methoxy groups -OCH3 is 1. The zero-order valence-electron chi connectivity index (χ0n) is 27.1. The van der Waals surface area contributed by atoms with Crippen LogP contribution in [0.5, 0.6) is 5.75 Å². The normalized spacial score (nSPS) is 17.5. The number of ether oxygens (including phenoxy) is 2. The van der Waals surface area contributed by atoms with E-state index in [4.69, 9.17) is 18.3 Å². The van der Waals surface area contributed by atoms with Crippen LogP contribution in [0.15, 0.2) is 49.1 Å². The Morgan fingerprint density at radius 3 is 1.85 bits per heavy atom. The summed E-state index contributed by atoms with van der Waals surface area (Å²) in [6, 6.07) is 7.81. The van der Waals surface area contributed by atoms with Crippen molar-refractivity contribution in [1.82, 2.24) is 0 Å². The first-order chi connectivity index (χ1) is 17.8. The van der Waals surface area contributed by atoms with E-state index >= 15 is 0 Å². The Morgan fingerprint density at radius 1 is 0.872 bits per heavy atom. The first-order valence-corrected chi connectivity index (χ1v) is 20.1. The minimum absolute atomic E-state index is 0.0203. The molecule has 0 aliphatic heterocycles. The number of hydrogen-bond acceptors (Lipinski definition) is 5. The predicted molar refractivity (Wildman–Crippen MR) is 171 cm³/mol. The van der Waals surface area contributed by atoms with Crippen LogP contribution in [0, 0.1) is 5.92 Å². The number of rotatable bonds is 15. The SMILES string of the molecule is C=CC[C@H](O[Si](C)(C)C(C)(C)C)[C@H](O)[C@@H](/C=C\[C@@H](C)[C@@H](C)O[Si](C)(C)C(C)(C)C)OCc1ccc(OC)cc1. The quantitative estimate of drug-likeness (QED) is 0.167. The molecule has 0 fully saturated rings. The monoisotopic (exact) mass is 578 g/mol. The molecule has 7 heteroatoms. The average Bonchev–Trinajstić information content (AvgIpc) is 2.81. The van der Waals surface area contributed by atoms with Crippen LogP contribution in [0.1, 0.15) is 67.4 Å². The van der Waals surface area contributed by atoms with Crippen molar-refractivity contribution in [3.8, 4) is 5.75 Å². The van der Waals surface area contributed by atoms with Crippen LogP contribution in [0.25, 0.3) is 0 Å². The molecule has 0 heterocycles. The lowest BCUT2D eigenvalue weighted by Gasteiger charge is -2.41.